The maximum atomic E-state index is 8.68. The Balaban J connectivity index is 0.000001000. The monoisotopic (exact) mass is 156 g/mol. The number of aliphatic hydroxyl groups excluding tert-OH is 2. The number of hydrogen-bond donors (Lipinski definition) is 2. The van der Waals surface area contributed by atoms with Gasteiger partial charge in [0.05, 0.1) is 13.2 Å². The average molecular weight is 156 g/mol. The van der Waals surface area contributed by atoms with Gasteiger partial charge in [0.25, 0.3) is 0 Å². The molecule has 11 heavy (non-hydrogen) atoms. The quantitative estimate of drug-likeness (QED) is 0.624. The van der Waals surface area contributed by atoms with Crippen molar-refractivity contribution in [3.63, 3.8) is 0 Å². The molecule has 0 radical (unpaired) electrons. The smallest absolute Gasteiger partial charge is 0.0681 e. The molecule has 62 valence electrons. The van der Waals surface area contributed by atoms with Crippen molar-refractivity contribution in [1.29, 1.82) is 0 Å². The lowest BCUT2D eigenvalue weighted by Gasteiger charge is -1.97. The molecule has 0 aliphatic rings. The molecule has 0 bridgehead atoms. The largest absolute Gasteiger partial charge is 0.412 e. The van der Waals surface area contributed by atoms with Crippen molar-refractivity contribution in [2.24, 2.45) is 0 Å². The third-order valence-electron chi connectivity index (χ3n) is 1.36. The van der Waals surface area contributed by atoms with E-state index < -0.39 is 0 Å². The van der Waals surface area contributed by atoms with Crippen molar-refractivity contribution in [2.45, 2.75) is 13.2 Å². The summed E-state index contributed by atoms with van der Waals surface area (Å²) in [6.07, 6.45) is 0. The summed E-state index contributed by atoms with van der Waals surface area (Å²) in [6, 6.07) is 7.23. The molecule has 1 aromatic carbocycles. The highest BCUT2D eigenvalue weighted by molar-refractivity contribution is 5.21. The van der Waals surface area contributed by atoms with Gasteiger partial charge in [0, 0.05) is 0 Å². The highest BCUT2D eigenvalue weighted by Gasteiger charge is 1.91. The van der Waals surface area contributed by atoms with Crippen LogP contribution in [-0.4, -0.2) is 15.7 Å². The Kier molecular flexibility index (Phi) is 4.45. The molecule has 0 heterocycles. The second-order valence-electron chi connectivity index (χ2n) is 2.14. The van der Waals surface area contributed by atoms with Gasteiger partial charge in [-0.1, -0.05) is 24.3 Å². The fraction of sp³-hybridized carbons (Fsp3) is 0.250. The third kappa shape index (κ3) is 2.67. The van der Waals surface area contributed by atoms with Gasteiger partial charge in [-0.25, -0.2) is 0 Å². The fourth-order valence-electron chi connectivity index (χ4n) is 0.826. The van der Waals surface area contributed by atoms with Gasteiger partial charge in [0.1, 0.15) is 0 Å². The van der Waals surface area contributed by atoms with E-state index in [1.807, 2.05) is 18.2 Å². The summed E-state index contributed by atoms with van der Waals surface area (Å²) in [5.41, 5.74) is 1.68. The number of aliphatic hydroxyl groups is 2. The molecule has 4 N–H and O–H groups in total. The van der Waals surface area contributed by atoms with Crippen molar-refractivity contribution in [3.05, 3.63) is 35.4 Å². The van der Waals surface area contributed by atoms with Crippen molar-refractivity contribution < 1.29 is 15.7 Å². The normalized spacial score (nSPS) is 8.91. The van der Waals surface area contributed by atoms with E-state index in [9.17, 15) is 0 Å². The molecule has 0 saturated carbocycles. The molecule has 0 saturated heterocycles. The Morgan fingerprint density at radius 2 is 1.45 bits per heavy atom. The summed E-state index contributed by atoms with van der Waals surface area (Å²) < 4.78 is 0. The van der Waals surface area contributed by atoms with Crippen LogP contribution in [0.1, 0.15) is 11.1 Å². The minimum absolute atomic E-state index is 0. The van der Waals surface area contributed by atoms with E-state index in [1.54, 1.807) is 6.07 Å². The SMILES string of the molecule is O.OCc1cccc(CO)c1. The van der Waals surface area contributed by atoms with Gasteiger partial charge in [-0.3, -0.25) is 0 Å². The van der Waals surface area contributed by atoms with Crippen LogP contribution in [0.25, 0.3) is 0 Å². The highest BCUT2D eigenvalue weighted by atomic mass is 16.3. The Morgan fingerprint density at radius 3 is 1.82 bits per heavy atom. The molecule has 0 atom stereocenters. The van der Waals surface area contributed by atoms with Gasteiger partial charge >= 0.3 is 0 Å². The van der Waals surface area contributed by atoms with Crippen LogP contribution >= 0.6 is 0 Å². The highest BCUT2D eigenvalue weighted by Crippen LogP contribution is 2.04. The molecule has 1 rings (SSSR count). The summed E-state index contributed by atoms with van der Waals surface area (Å²) in [7, 11) is 0. The summed E-state index contributed by atoms with van der Waals surface area (Å²) >= 11 is 0. The number of rotatable bonds is 2. The Morgan fingerprint density at radius 1 is 1.00 bits per heavy atom. The Bertz CT molecular complexity index is 191. The van der Waals surface area contributed by atoms with Gasteiger partial charge in [-0.05, 0) is 11.1 Å². The maximum Gasteiger partial charge on any atom is 0.0681 e. The number of benzene rings is 1. The van der Waals surface area contributed by atoms with Crippen LogP contribution in [0.4, 0.5) is 0 Å². The van der Waals surface area contributed by atoms with Gasteiger partial charge in [0.15, 0.2) is 0 Å². The van der Waals surface area contributed by atoms with E-state index in [-0.39, 0.29) is 18.7 Å². The summed E-state index contributed by atoms with van der Waals surface area (Å²) in [5, 5.41) is 17.4. The zero-order valence-electron chi connectivity index (χ0n) is 6.12. The lowest BCUT2D eigenvalue weighted by Crippen LogP contribution is -1.86. The minimum atomic E-state index is 0. The molecule has 0 spiro atoms. The van der Waals surface area contributed by atoms with E-state index >= 15 is 0 Å². The predicted octanol–water partition coefficient (Wildman–Crippen LogP) is -0.153. The van der Waals surface area contributed by atoms with Crippen molar-refractivity contribution in [2.75, 3.05) is 0 Å². The molecular formula is C8H12O3. The second kappa shape index (κ2) is 4.85. The topological polar surface area (TPSA) is 72.0 Å². The number of hydrogen-bond acceptors (Lipinski definition) is 2. The first-order valence-corrected chi connectivity index (χ1v) is 3.16. The van der Waals surface area contributed by atoms with Gasteiger partial charge in [-0.15, -0.1) is 0 Å². The van der Waals surface area contributed by atoms with Gasteiger partial charge < -0.3 is 15.7 Å². The van der Waals surface area contributed by atoms with Crippen LogP contribution in [0.15, 0.2) is 24.3 Å². The first-order chi connectivity index (χ1) is 4.86. The second-order valence-corrected chi connectivity index (χ2v) is 2.14. The Labute approximate surface area is 65.2 Å². The zero-order chi connectivity index (χ0) is 7.40. The predicted molar refractivity (Wildman–Crippen MR) is 41.9 cm³/mol. The summed E-state index contributed by atoms with van der Waals surface area (Å²) in [6.45, 7) is 0.0711. The molecule has 3 nitrogen and oxygen atoms in total. The lowest BCUT2D eigenvalue weighted by molar-refractivity contribution is 0.275. The molecule has 1 aromatic rings. The molecule has 0 aliphatic carbocycles. The van der Waals surface area contributed by atoms with Crippen molar-refractivity contribution >= 4 is 0 Å². The van der Waals surface area contributed by atoms with E-state index in [1.165, 1.54) is 0 Å². The fourth-order valence-corrected chi connectivity index (χ4v) is 0.826. The van der Waals surface area contributed by atoms with Crippen molar-refractivity contribution in [1.82, 2.24) is 0 Å². The van der Waals surface area contributed by atoms with E-state index in [0.717, 1.165) is 11.1 Å². The summed E-state index contributed by atoms with van der Waals surface area (Å²) in [5.74, 6) is 0. The molecule has 0 aliphatic heterocycles. The molecule has 3 heteroatoms. The lowest BCUT2D eigenvalue weighted by atomic mass is 10.1. The van der Waals surface area contributed by atoms with Crippen LogP contribution in [0, 0.1) is 0 Å². The molecule has 0 amide bonds. The maximum absolute atomic E-state index is 8.68. The first kappa shape index (κ1) is 10.1. The van der Waals surface area contributed by atoms with Crippen LogP contribution in [-0.2, 0) is 13.2 Å². The Hall–Kier alpha value is -0.900. The van der Waals surface area contributed by atoms with Crippen LogP contribution in [0.5, 0.6) is 0 Å². The molecule has 0 fully saturated rings. The minimum Gasteiger partial charge on any atom is -0.412 e. The third-order valence-corrected chi connectivity index (χ3v) is 1.36. The van der Waals surface area contributed by atoms with E-state index in [0.29, 0.717) is 0 Å². The zero-order valence-corrected chi connectivity index (χ0v) is 6.12. The van der Waals surface area contributed by atoms with E-state index in [4.69, 9.17) is 10.2 Å². The van der Waals surface area contributed by atoms with Gasteiger partial charge in [-0.2, -0.15) is 0 Å². The van der Waals surface area contributed by atoms with Gasteiger partial charge in [0.2, 0.25) is 0 Å². The van der Waals surface area contributed by atoms with E-state index in [2.05, 4.69) is 0 Å². The molecule has 0 aromatic heterocycles. The van der Waals surface area contributed by atoms with Crippen molar-refractivity contribution in [3.8, 4) is 0 Å². The molecular weight excluding hydrogens is 144 g/mol. The standard InChI is InChI=1S/C8H10O2.H2O/c9-5-7-2-1-3-8(4-7)6-10;/h1-4,9-10H,5-6H2;1H2. The van der Waals surface area contributed by atoms with Crippen LogP contribution in [0.3, 0.4) is 0 Å². The van der Waals surface area contributed by atoms with Crippen LogP contribution < -0.4 is 0 Å². The average Bonchev–Trinajstić information content (AvgIpc) is 2.05. The molecule has 0 unspecified atom stereocenters. The van der Waals surface area contributed by atoms with Crippen LogP contribution in [0.2, 0.25) is 0 Å². The summed E-state index contributed by atoms with van der Waals surface area (Å²) in [4.78, 5) is 0. The first-order valence-electron chi connectivity index (χ1n) is 3.16.